The van der Waals surface area contributed by atoms with Crippen LogP contribution in [0.4, 0.5) is 0 Å². The maximum absolute atomic E-state index is 9.24. The van der Waals surface area contributed by atoms with Gasteiger partial charge in [0.1, 0.15) is 11.6 Å². The van der Waals surface area contributed by atoms with Gasteiger partial charge in [-0.15, -0.1) is 0 Å². The van der Waals surface area contributed by atoms with Crippen molar-refractivity contribution >= 4 is 0 Å². The van der Waals surface area contributed by atoms with Crippen molar-refractivity contribution in [2.75, 3.05) is 0 Å². The largest absolute Gasteiger partial charge is 0.474 e. The lowest BCUT2D eigenvalue weighted by atomic mass is 10.1. The van der Waals surface area contributed by atoms with Crippen molar-refractivity contribution in [3.63, 3.8) is 0 Å². The fourth-order valence-electron chi connectivity index (χ4n) is 2.73. The molecule has 1 aromatic heterocycles. The summed E-state index contributed by atoms with van der Waals surface area (Å²) in [5, 5.41) is 9.24. The van der Waals surface area contributed by atoms with E-state index >= 15 is 0 Å². The highest BCUT2D eigenvalue weighted by molar-refractivity contribution is 5.44. The lowest BCUT2D eigenvalue weighted by Crippen LogP contribution is -2.14. The first-order valence-electron chi connectivity index (χ1n) is 7.84. The number of aryl methyl sites for hydroxylation is 2. The predicted molar refractivity (Wildman–Crippen MR) is 79.8 cm³/mol. The molecule has 2 rings (SSSR count). The zero-order valence-electron chi connectivity index (χ0n) is 12.6. The molecule has 3 nitrogen and oxygen atoms in total. The summed E-state index contributed by atoms with van der Waals surface area (Å²) in [6.45, 7) is 4.29. The topological polar surface area (TPSA) is 45.9 Å². The van der Waals surface area contributed by atoms with E-state index in [0.29, 0.717) is 11.4 Å². The summed E-state index contributed by atoms with van der Waals surface area (Å²) in [6, 6.07) is 4.19. The molecule has 0 saturated carbocycles. The highest BCUT2D eigenvalue weighted by Gasteiger charge is 2.18. The van der Waals surface area contributed by atoms with Gasteiger partial charge in [-0.3, -0.25) is 0 Å². The fourth-order valence-corrected chi connectivity index (χ4v) is 2.73. The first-order valence-corrected chi connectivity index (χ1v) is 7.84. The maximum Gasteiger partial charge on any atom is 0.232 e. The Morgan fingerprint density at radius 3 is 2.95 bits per heavy atom. The number of aromatic nitrogens is 1. The number of hydrogen-bond donors (Lipinski definition) is 0. The molecule has 0 N–H and O–H groups in total. The lowest BCUT2D eigenvalue weighted by Gasteiger charge is -2.15. The second-order valence-electron chi connectivity index (χ2n) is 5.69. The Hall–Kier alpha value is -1.56. The molecular weight excluding hydrogens is 248 g/mol. The fraction of sp³-hybridized carbons (Fsp3) is 0.647. The van der Waals surface area contributed by atoms with E-state index in [9.17, 15) is 5.26 Å². The van der Waals surface area contributed by atoms with Gasteiger partial charge in [-0.25, -0.2) is 4.98 Å². The Morgan fingerprint density at radius 1 is 1.35 bits per heavy atom. The van der Waals surface area contributed by atoms with Gasteiger partial charge in [0.05, 0.1) is 6.10 Å². The van der Waals surface area contributed by atoms with E-state index < -0.39 is 0 Å². The summed E-state index contributed by atoms with van der Waals surface area (Å²) in [6.07, 6.45) is 9.34. The SMILES string of the molecule is CCCCCCC(C)Oc1nc2c(cc1C#N)CCC2. The Morgan fingerprint density at radius 2 is 2.20 bits per heavy atom. The molecule has 0 saturated heterocycles. The highest BCUT2D eigenvalue weighted by atomic mass is 16.5. The standard InChI is InChI=1S/C17H24N2O/c1-3-4-5-6-8-13(2)20-17-15(12-18)11-14-9-7-10-16(14)19-17/h11,13H,3-10H2,1-2H3. The molecule has 0 spiro atoms. The quantitative estimate of drug-likeness (QED) is 0.699. The summed E-state index contributed by atoms with van der Waals surface area (Å²) in [7, 11) is 0. The van der Waals surface area contributed by atoms with Gasteiger partial charge in [-0.1, -0.05) is 26.2 Å². The van der Waals surface area contributed by atoms with Crippen molar-refractivity contribution in [2.45, 2.75) is 71.3 Å². The molecule has 1 aliphatic rings. The molecule has 0 aliphatic heterocycles. The van der Waals surface area contributed by atoms with E-state index in [2.05, 4.69) is 24.9 Å². The summed E-state index contributed by atoms with van der Waals surface area (Å²) in [4.78, 5) is 4.56. The number of nitrogens with zero attached hydrogens (tertiary/aromatic N) is 2. The average Bonchev–Trinajstić information content (AvgIpc) is 2.90. The Balaban J connectivity index is 1.96. The maximum atomic E-state index is 9.24. The Bertz CT molecular complexity index is 490. The minimum absolute atomic E-state index is 0.130. The second-order valence-corrected chi connectivity index (χ2v) is 5.69. The third kappa shape index (κ3) is 3.72. The van der Waals surface area contributed by atoms with E-state index in [1.165, 1.54) is 31.2 Å². The molecule has 1 atom stereocenters. The number of nitriles is 1. The Labute approximate surface area is 122 Å². The highest BCUT2D eigenvalue weighted by Crippen LogP contribution is 2.27. The summed E-state index contributed by atoms with van der Waals surface area (Å²) >= 11 is 0. The van der Waals surface area contributed by atoms with Crippen LogP contribution in [0.2, 0.25) is 0 Å². The molecule has 0 radical (unpaired) electrons. The second kappa shape index (κ2) is 7.28. The third-order valence-corrected chi connectivity index (χ3v) is 3.91. The van der Waals surface area contributed by atoms with Crippen LogP contribution in [-0.2, 0) is 12.8 Å². The smallest absolute Gasteiger partial charge is 0.232 e. The third-order valence-electron chi connectivity index (χ3n) is 3.91. The molecule has 3 heteroatoms. The van der Waals surface area contributed by atoms with Crippen LogP contribution in [0.1, 0.15) is 69.2 Å². The van der Waals surface area contributed by atoms with Crippen LogP contribution in [0.3, 0.4) is 0 Å². The van der Waals surface area contributed by atoms with Gasteiger partial charge in [0.15, 0.2) is 0 Å². The molecule has 0 aromatic carbocycles. The van der Waals surface area contributed by atoms with Crippen LogP contribution < -0.4 is 4.74 Å². The minimum atomic E-state index is 0.130. The molecular formula is C17H24N2O. The summed E-state index contributed by atoms with van der Waals surface area (Å²) in [5.41, 5.74) is 2.94. The Kier molecular flexibility index (Phi) is 5.40. The van der Waals surface area contributed by atoms with Crippen LogP contribution in [0.15, 0.2) is 6.07 Å². The van der Waals surface area contributed by atoms with Crippen LogP contribution in [-0.4, -0.2) is 11.1 Å². The average molecular weight is 272 g/mol. The number of hydrogen-bond acceptors (Lipinski definition) is 3. The van der Waals surface area contributed by atoms with Gasteiger partial charge in [0.25, 0.3) is 0 Å². The zero-order chi connectivity index (χ0) is 14.4. The van der Waals surface area contributed by atoms with E-state index in [1.807, 2.05) is 6.07 Å². The van der Waals surface area contributed by atoms with Crippen LogP contribution in [0.5, 0.6) is 5.88 Å². The number of pyridine rings is 1. The molecule has 1 heterocycles. The number of ether oxygens (including phenoxy) is 1. The van der Waals surface area contributed by atoms with Gasteiger partial charge in [0.2, 0.25) is 5.88 Å². The summed E-state index contributed by atoms with van der Waals surface area (Å²) < 4.78 is 5.91. The van der Waals surface area contributed by atoms with Crippen molar-refractivity contribution in [1.29, 1.82) is 5.26 Å². The number of fused-ring (bicyclic) bond motifs is 1. The van der Waals surface area contributed by atoms with Gasteiger partial charge in [0, 0.05) is 5.69 Å². The first kappa shape index (κ1) is 14.8. The van der Waals surface area contributed by atoms with Crippen LogP contribution in [0, 0.1) is 11.3 Å². The van der Waals surface area contributed by atoms with E-state index in [-0.39, 0.29) is 6.10 Å². The number of rotatable bonds is 7. The van der Waals surface area contributed by atoms with Gasteiger partial charge >= 0.3 is 0 Å². The molecule has 1 unspecified atom stereocenters. The number of unbranched alkanes of at least 4 members (excludes halogenated alkanes) is 3. The van der Waals surface area contributed by atoms with E-state index in [1.54, 1.807) is 0 Å². The van der Waals surface area contributed by atoms with E-state index in [0.717, 1.165) is 31.4 Å². The van der Waals surface area contributed by atoms with Crippen molar-refractivity contribution in [1.82, 2.24) is 4.98 Å². The normalized spacial score (nSPS) is 14.7. The minimum Gasteiger partial charge on any atom is -0.474 e. The molecule has 1 aromatic rings. The van der Waals surface area contributed by atoms with Crippen molar-refractivity contribution in [3.05, 3.63) is 22.9 Å². The molecule has 1 aliphatic carbocycles. The van der Waals surface area contributed by atoms with Gasteiger partial charge in [-0.05, 0) is 50.7 Å². The molecule has 0 amide bonds. The van der Waals surface area contributed by atoms with Gasteiger partial charge in [-0.2, -0.15) is 5.26 Å². The van der Waals surface area contributed by atoms with Crippen LogP contribution in [0.25, 0.3) is 0 Å². The van der Waals surface area contributed by atoms with Crippen molar-refractivity contribution in [3.8, 4) is 11.9 Å². The molecule has 20 heavy (non-hydrogen) atoms. The van der Waals surface area contributed by atoms with Crippen LogP contribution >= 0.6 is 0 Å². The summed E-state index contributed by atoms with van der Waals surface area (Å²) in [5.74, 6) is 0.538. The van der Waals surface area contributed by atoms with Crippen molar-refractivity contribution in [2.24, 2.45) is 0 Å². The van der Waals surface area contributed by atoms with E-state index in [4.69, 9.17) is 4.74 Å². The zero-order valence-corrected chi connectivity index (χ0v) is 12.6. The molecule has 108 valence electrons. The lowest BCUT2D eigenvalue weighted by molar-refractivity contribution is 0.197. The molecule has 0 bridgehead atoms. The van der Waals surface area contributed by atoms with Crippen molar-refractivity contribution < 1.29 is 4.74 Å². The molecule has 0 fully saturated rings. The first-order chi connectivity index (χ1) is 9.74. The van der Waals surface area contributed by atoms with Gasteiger partial charge < -0.3 is 4.74 Å². The monoisotopic (exact) mass is 272 g/mol. The predicted octanol–water partition coefficient (Wildman–Crippen LogP) is 4.18.